The summed E-state index contributed by atoms with van der Waals surface area (Å²) in [5, 5.41) is 3.02. The number of sulfonamides is 1. The van der Waals surface area contributed by atoms with E-state index in [2.05, 4.69) is 5.32 Å². The molecule has 158 valence electrons. The van der Waals surface area contributed by atoms with Crippen LogP contribution < -0.4 is 11.1 Å². The van der Waals surface area contributed by atoms with Crippen molar-refractivity contribution in [3.8, 4) is 0 Å². The van der Waals surface area contributed by atoms with Crippen LogP contribution in [0.5, 0.6) is 0 Å². The molecular weight excluding hydrogens is 402 g/mol. The van der Waals surface area contributed by atoms with E-state index in [9.17, 15) is 13.2 Å². The van der Waals surface area contributed by atoms with Crippen LogP contribution in [0.15, 0.2) is 23.1 Å². The molecule has 3 N–H and O–H groups in total. The van der Waals surface area contributed by atoms with Gasteiger partial charge in [0.05, 0.1) is 23.6 Å². The highest BCUT2D eigenvalue weighted by atomic mass is 35.5. The molecule has 0 spiro atoms. The minimum Gasteiger partial charge on any atom is -0.379 e. The van der Waals surface area contributed by atoms with E-state index in [1.54, 1.807) is 12.1 Å². The lowest BCUT2D eigenvalue weighted by Gasteiger charge is -2.30. The summed E-state index contributed by atoms with van der Waals surface area (Å²) in [5.41, 5.74) is 6.49. The summed E-state index contributed by atoms with van der Waals surface area (Å²) >= 11 is 0. The molecule has 7 nitrogen and oxygen atoms in total. The molecule has 0 aromatic heterocycles. The summed E-state index contributed by atoms with van der Waals surface area (Å²) < 4.78 is 32.9. The average molecular weight is 432 g/mol. The zero-order chi connectivity index (χ0) is 19.7. The number of amides is 1. The lowest BCUT2D eigenvalue weighted by Crippen LogP contribution is -2.53. The van der Waals surface area contributed by atoms with Crippen LogP contribution in [0.1, 0.15) is 42.6 Å². The number of morpholine rings is 1. The van der Waals surface area contributed by atoms with Gasteiger partial charge in [0, 0.05) is 25.2 Å². The first kappa shape index (κ1) is 23.1. The van der Waals surface area contributed by atoms with Crippen molar-refractivity contribution in [3.05, 3.63) is 29.3 Å². The number of hydrogen-bond donors (Lipinski definition) is 2. The van der Waals surface area contributed by atoms with Gasteiger partial charge in [0.15, 0.2) is 0 Å². The zero-order valence-electron chi connectivity index (χ0n) is 16.4. The molecule has 0 radical (unpaired) electrons. The minimum absolute atomic E-state index is 0. The first-order chi connectivity index (χ1) is 12.8. The van der Waals surface area contributed by atoms with Crippen LogP contribution in [0.25, 0.3) is 0 Å². The third-order valence-corrected chi connectivity index (χ3v) is 7.58. The number of rotatable bonds is 7. The molecule has 2 aliphatic rings. The standard InChI is InChI=1S/C19H29N3O4S.ClH/c1-3-14-4-5-15(18(23)21-19(2,13-20)16-6-7-16)12-17(14)27(24,25)22-8-10-26-11-9-22;/h4-5,12,16H,3,6-11,13,20H2,1-2H3,(H,21,23);1H. The van der Waals surface area contributed by atoms with Gasteiger partial charge < -0.3 is 15.8 Å². The first-order valence-corrected chi connectivity index (χ1v) is 11.0. The largest absolute Gasteiger partial charge is 0.379 e. The second-order valence-corrected chi connectivity index (χ2v) is 9.45. The van der Waals surface area contributed by atoms with Crippen LogP contribution in [0.3, 0.4) is 0 Å². The molecule has 1 aliphatic carbocycles. The summed E-state index contributed by atoms with van der Waals surface area (Å²) in [6.45, 7) is 5.65. The van der Waals surface area contributed by atoms with Gasteiger partial charge in [-0.1, -0.05) is 13.0 Å². The van der Waals surface area contributed by atoms with E-state index < -0.39 is 15.6 Å². The number of halogens is 1. The van der Waals surface area contributed by atoms with Crippen LogP contribution >= 0.6 is 12.4 Å². The predicted molar refractivity (Wildman–Crippen MR) is 110 cm³/mol. The van der Waals surface area contributed by atoms with Gasteiger partial charge in [0.1, 0.15) is 0 Å². The maximum Gasteiger partial charge on any atom is 0.251 e. The third-order valence-electron chi connectivity index (χ3n) is 5.60. The Kier molecular flexibility index (Phi) is 7.50. The monoisotopic (exact) mass is 431 g/mol. The average Bonchev–Trinajstić information content (AvgIpc) is 3.53. The van der Waals surface area contributed by atoms with Crippen molar-refractivity contribution >= 4 is 28.3 Å². The van der Waals surface area contributed by atoms with E-state index in [1.807, 2.05) is 13.8 Å². The number of carbonyl (C=O) groups is 1. The van der Waals surface area contributed by atoms with Crippen LogP contribution in [-0.2, 0) is 21.2 Å². The van der Waals surface area contributed by atoms with Crippen molar-refractivity contribution in [1.29, 1.82) is 0 Å². The quantitative estimate of drug-likeness (QED) is 0.681. The Morgan fingerprint density at radius 1 is 1.32 bits per heavy atom. The molecular formula is C19H30ClN3O4S. The minimum atomic E-state index is -3.67. The van der Waals surface area contributed by atoms with E-state index in [-0.39, 0.29) is 23.2 Å². The molecule has 1 aromatic rings. The maximum absolute atomic E-state index is 13.1. The van der Waals surface area contributed by atoms with Crippen LogP contribution in [0, 0.1) is 5.92 Å². The summed E-state index contributed by atoms with van der Waals surface area (Å²) in [7, 11) is -3.67. The van der Waals surface area contributed by atoms with Gasteiger partial charge in [0.2, 0.25) is 10.0 Å². The molecule has 1 saturated carbocycles. The molecule has 1 aromatic carbocycles. The molecule has 1 aliphatic heterocycles. The van der Waals surface area contributed by atoms with Gasteiger partial charge in [-0.15, -0.1) is 12.4 Å². The fourth-order valence-electron chi connectivity index (χ4n) is 3.53. The van der Waals surface area contributed by atoms with E-state index in [0.29, 0.717) is 56.3 Å². The topological polar surface area (TPSA) is 102 Å². The SMILES string of the molecule is CCc1ccc(C(=O)NC(C)(CN)C2CC2)cc1S(=O)(=O)N1CCOCC1.Cl. The number of nitrogens with one attached hydrogen (secondary N) is 1. The highest BCUT2D eigenvalue weighted by Crippen LogP contribution is 2.39. The fourth-order valence-corrected chi connectivity index (χ4v) is 5.25. The fraction of sp³-hybridized carbons (Fsp3) is 0.632. The third kappa shape index (κ3) is 4.68. The molecule has 3 rings (SSSR count). The van der Waals surface area contributed by atoms with Gasteiger partial charge >= 0.3 is 0 Å². The highest BCUT2D eigenvalue weighted by molar-refractivity contribution is 7.89. The zero-order valence-corrected chi connectivity index (χ0v) is 18.1. The molecule has 1 amide bonds. The van der Waals surface area contributed by atoms with Crippen LogP contribution in [0.4, 0.5) is 0 Å². The summed E-state index contributed by atoms with van der Waals surface area (Å²) in [6.07, 6.45) is 2.68. The number of nitrogens with zero attached hydrogens (tertiary/aromatic N) is 1. The van der Waals surface area contributed by atoms with Gasteiger partial charge in [-0.3, -0.25) is 4.79 Å². The van der Waals surface area contributed by atoms with E-state index in [1.165, 1.54) is 10.4 Å². The Hall–Kier alpha value is -1.19. The molecule has 1 atom stereocenters. The Morgan fingerprint density at radius 3 is 2.50 bits per heavy atom. The number of nitrogens with two attached hydrogens (primary N) is 1. The lowest BCUT2D eigenvalue weighted by atomic mass is 9.95. The number of ether oxygens (including phenoxy) is 1. The van der Waals surface area contributed by atoms with Crippen LogP contribution in [-0.4, -0.2) is 57.0 Å². The Morgan fingerprint density at radius 2 is 1.96 bits per heavy atom. The van der Waals surface area contributed by atoms with E-state index in [0.717, 1.165) is 12.8 Å². The van der Waals surface area contributed by atoms with Gasteiger partial charge in [0.25, 0.3) is 5.91 Å². The van der Waals surface area contributed by atoms with Crippen molar-refractivity contribution < 1.29 is 17.9 Å². The number of benzene rings is 1. The molecule has 1 unspecified atom stereocenters. The van der Waals surface area contributed by atoms with E-state index >= 15 is 0 Å². The lowest BCUT2D eigenvalue weighted by molar-refractivity contribution is 0.0730. The van der Waals surface area contributed by atoms with Gasteiger partial charge in [-0.25, -0.2) is 8.42 Å². The Labute approximate surface area is 173 Å². The summed E-state index contributed by atoms with van der Waals surface area (Å²) in [4.78, 5) is 13.0. The molecule has 2 fully saturated rings. The Bertz CT molecular complexity index is 807. The second-order valence-electron chi connectivity index (χ2n) is 7.54. The number of carbonyl (C=O) groups excluding carboxylic acids is 1. The van der Waals surface area contributed by atoms with Gasteiger partial charge in [-0.05, 0) is 49.8 Å². The van der Waals surface area contributed by atoms with Crippen molar-refractivity contribution in [2.45, 2.75) is 43.5 Å². The first-order valence-electron chi connectivity index (χ1n) is 9.55. The molecule has 1 saturated heterocycles. The number of hydrogen-bond acceptors (Lipinski definition) is 5. The smallest absolute Gasteiger partial charge is 0.251 e. The van der Waals surface area contributed by atoms with Crippen LogP contribution in [0.2, 0.25) is 0 Å². The molecule has 28 heavy (non-hydrogen) atoms. The van der Waals surface area contributed by atoms with Crippen molar-refractivity contribution in [2.75, 3.05) is 32.8 Å². The predicted octanol–water partition coefficient (Wildman–Crippen LogP) is 1.55. The van der Waals surface area contributed by atoms with Crippen molar-refractivity contribution in [3.63, 3.8) is 0 Å². The molecule has 1 heterocycles. The van der Waals surface area contributed by atoms with Crippen molar-refractivity contribution in [2.24, 2.45) is 11.7 Å². The highest BCUT2D eigenvalue weighted by Gasteiger charge is 2.41. The van der Waals surface area contributed by atoms with Gasteiger partial charge in [-0.2, -0.15) is 4.31 Å². The Balaban J connectivity index is 0.00000280. The number of aryl methyl sites for hydroxylation is 1. The second kappa shape index (κ2) is 9.09. The van der Waals surface area contributed by atoms with E-state index in [4.69, 9.17) is 10.5 Å². The molecule has 9 heteroatoms. The molecule has 0 bridgehead atoms. The summed E-state index contributed by atoms with van der Waals surface area (Å²) in [6, 6.07) is 4.93. The normalized spacial score (nSPS) is 20.1. The maximum atomic E-state index is 13.1. The summed E-state index contributed by atoms with van der Waals surface area (Å²) in [5.74, 6) is 0.105. The van der Waals surface area contributed by atoms with Crippen molar-refractivity contribution in [1.82, 2.24) is 9.62 Å².